The van der Waals surface area contributed by atoms with Crippen molar-refractivity contribution in [1.82, 2.24) is 15.1 Å². The number of benzene rings is 3. The highest BCUT2D eigenvalue weighted by Gasteiger charge is 2.19. The number of nitrogens with zero attached hydrogens (tertiary/aromatic N) is 2. The number of amides is 2. The van der Waals surface area contributed by atoms with Gasteiger partial charge in [-0.2, -0.15) is 5.10 Å². The van der Waals surface area contributed by atoms with Crippen LogP contribution in [-0.4, -0.2) is 28.7 Å². The summed E-state index contributed by atoms with van der Waals surface area (Å²) in [4.78, 5) is 24.6. The van der Waals surface area contributed by atoms with E-state index in [-0.39, 0.29) is 0 Å². The van der Waals surface area contributed by atoms with E-state index in [0.29, 0.717) is 11.3 Å². The fraction of sp³-hybridized carbons (Fsp3) is 0.0741. The third-order valence-electron chi connectivity index (χ3n) is 5.25. The number of nitrogens with two attached hydrogens (primary N) is 1. The lowest BCUT2D eigenvalue weighted by atomic mass is 10.1. The van der Waals surface area contributed by atoms with Crippen LogP contribution in [0.4, 0.5) is 0 Å². The predicted molar refractivity (Wildman–Crippen MR) is 131 cm³/mol. The SMILES string of the molecule is COc1ccc(-c2nn(-c3ccccc3)cc2/C=C/C(=O)NC(C(N)=O)c2ccccc2)cc1. The summed E-state index contributed by atoms with van der Waals surface area (Å²) in [6.07, 6.45) is 4.89. The topological polar surface area (TPSA) is 99.2 Å². The molecule has 170 valence electrons. The predicted octanol–water partition coefficient (Wildman–Crippen LogP) is 3.90. The number of para-hydroxylation sites is 1. The molecule has 0 aliphatic carbocycles. The number of rotatable bonds is 8. The summed E-state index contributed by atoms with van der Waals surface area (Å²) in [7, 11) is 1.61. The van der Waals surface area contributed by atoms with Crippen molar-refractivity contribution in [3.63, 3.8) is 0 Å². The zero-order valence-electron chi connectivity index (χ0n) is 18.6. The number of hydrogen-bond acceptors (Lipinski definition) is 4. The Bertz CT molecular complexity index is 1300. The molecule has 4 rings (SSSR count). The third-order valence-corrected chi connectivity index (χ3v) is 5.25. The maximum Gasteiger partial charge on any atom is 0.244 e. The van der Waals surface area contributed by atoms with E-state index < -0.39 is 17.9 Å². The van der Waals surface area contributed by atoms with E-state index in [0.717, 1.165) is 22.6 Å². The quantitative estimate of drug-likeness (QED) is 0.396. The highest BCUT2D eigenvalue weighted by atomic mass is 16.5. The van der Waals surface area contributed by atoms with E-state index >= 15 is 0 Å². The fourth-order valence-corrected chi connectivity index (χ4v) is 3.52. The van der Waals surface area contributed by atoms with Gasteiger partial charge >= 0.3 is 0 Å². The number of hydrogen-bond donors (Lipinski definition) is 2. The first-order chi connectivity index (χ1) is 16.5. The molecule has 0 saturated carbocycles. The van der Waals surface area contributed by atoms with Crippen LogP contribution in [-0.2, 0) is 9.59 Å². The van der Waals surface area contributed by atoms with E-state index in [2.05, 4.69) is 5.32 Å². The van der Waals surface area contributed by atoms with Gasteiger partial charge in [0.1, 0.15) is 11.8 Å². The molecule has 3 aromatic carbocycles. The Hall–Kier alpha value is -4.65. The van der Waals surface area contributed by atoms with Gasteiger partial charge in [0.05, 0.1) is 18.5 Å². The minimum atomic E-state index is -0.925. The number of primary amides is 1. The minimum absolute atomic E-state index is 0.444. The van der Waals surface area contributed by atoms with Crippen molar-refractivity contribution in [3.05, 3.63) is 108 Å². The van der Waals surface area contributed by atoms with Gasteiger partial charge in [-0.05, 0) is 48.0 Å². The van der Waals surface area contributed by atoms with Gasteiger partial charge in [0.2, 0.25) is 11.8 Å². The van der Waals surface area contributed by atoms with E-state index in [4.69, 9.17) is 15.6 Å². The lowest BCUT2D eigenvalue weighted by molar-refractivity contribution is -0.125. The molecule has 1 unspecified atom stereocenters. The number of methoxy groups -OCH3 is 1. The Morgan fingerprint density at radius 1 is 0.971 bits per heavy atom. The zero-order valence-corrected chi connectivity index (χ0v) is 18.6. The molecule has 3 N–H and O–H groups in total. The standard InChI is InChI=1S/C27H24N4O3/c1-34-23-15-12-20(13-16-23)25-21(18-31(30-25)22-10-6-3-7-11-22)14-17-24(32)29-26(27(28)33)19-8-4-2-5-9-19/h2-18,26H,1H3,(H2,28,33)(H,29,32)/b17-14+. The highest BCUT2D eigenvalue weighted by molar-refractivity contribution is 5.96. The minimum Gasteiger partial charge on any atom is -0.497 e. The molecule has 0 fully saturated rings. The number of carbonyl (C=O) groups excluding carboxylic acids is 2. The van der Waals surface area contributed by atoms with Crippen LogP contribution in [0.3, 0.4) is 0 Å². The normalized spacial score (nSPS) is 11.8. The van der Waals surface area contributed by atoms with Crippen molar-refractivity contribution in [2.24, 2.45) is 5.73 Å². The Kier molecular flexibility index (Phi) is 6.84. The van der Waals surface area contributed by atoms with E-state index in [1.165, 1.54) is 6.08 Å². The molecule has 2 amide bonds. The van der Waals surface area contributed by atoms with Crippen molar-refractivity contribution < 1.29 is 14.3 Å². The number of carbonyl (C=O) groups is 2. The molecule has 7 nitrogen and oxygen atoms in total. The summed E-state index contributed by atoms with van der Waals surface area (Å²) in [6.45, 7) is 0. The van der Waals surface area contributed by atoms with Gasteiger partial charge < -0.3 is 15.8 Å². The molecule has 0 saturated heterocycles. The van der Waals surface area contributed by atoms with Crippen LogP contribution in [0, 0.1) is 0 Å². The van der Waals surface area contributed by atoms with Crippen molar-refractivity contribution in [3.8, 4) is 22.7 Å². The number of aromatic nitrogens is 2. The van der Waals surface area contributed by atoms with Crippen molar-refractivity contribution in [2.45, 2.75) is 6.04 Å². The molecule has 0 radical (unpaired) electrons. The van der Waals surface area contributed by atoms with Crippen LogP contribution >= 0.6 is 0 Å². The van der Waals surface area contributed by atoms with Crippen LogP contribution in [0.2, 0.25) is 0 Å². The summed E-state index contributed by atoms with van der Waals surface area (Å²) in [5.74, 6) is -0.342. The van der Waals surface area contributed by atoms with Crippen LogP contribution in [0.5, 0.6) is 5.75 Å². The van der Waals surface area contributed by atoms with Crippen LogP contribution < -0.4 is 15.8 Å². The summed E-state index contributed by atoms with van der Waals surface area (Å²) < 4.78 is 7.01. The van der Waals surface area contributed by atoms with Gasteiger partial charge in [0, 0.05) is 23.4 Å². The van der Waals surface area contributed by atoms with Gasteiger partial charge in [0.15, 0.2) is 0 Å². The first kappa shape index (κ1) is 22.5. The molecule has 34 heavy (non-hydrogen) atoms. The maximum absolute atomic E-state index is 12.7. The van der Waals surface area contributed by atoms with Crippen LogP contribution in [0.25, 0.3) is 23.0 Å². The third kappa shape index (κ3) is 5.21. The van der Waals surface area contributed by atoms with E-state index in [9.17, 15) is 9.59 Å². The maximum atomic E-state index is 12.7. The molecule has 0 spiro atoms. The molecular weight excluding hydrogens is 428 g/mol. The molecule has 1 atom stereocenters. The smallest absolute Gasteiger partial charge is 0.244 e. The summed E-state index contributed by atoms with van der Waals surface area (Å²) in [5.41, 5.74) is 9.33. The van der Waals surface area contributed by atoms with Crippen molar-refractivity contribution in [2.75, 3.05) is 7.11 Å². The Labute approximate surface area is 197 Å². The Balaban J connectivity index is 1.63. The summed E-state index contributed by atoms with van der Waals surface area (Å²) in [6, 6.07) is 25.2. The molecule has 0 aliphatic heterocycles. The van der Waals surface area contributed by atoms with Crippen molar-refractivity contribution >= 4 is 17.9 Å². The molecule has 7 heteroatoms. The lowest BCUT2D eigenvalue weighted by Crippen LogP contribution is -2.36. The Morgan fingerprint density at radius 2 is 1.62 bits per heavy atom. The van der Waals surface area contributed by atoms with Gasteiger partial charge in [-0.15, -0.1) is 0 Å². The fourth-order valence-electron chi connectivity index (χ4n) is 3.52. The number of ether oxygens (including phenoxy) is 1. The van der Waals surface area contributed by atoms with Gasteiger partial charge in [-0.25, -0.2) is 4.68 Å². The van der Waals surface area contributed by atoms with Crippen LogP contribution in [0.1, 0.15) is 17.2 Å². The Morgan fingerprint density at radius 3 is 2.24 bits per heavy atom. The van der Waals surface area contributed by atoms with Crippen LogP contribution in [0.15, 0.2) is 97.2 Å². The summed E-state index contributed by atoms with van der Waals surface area (Å²) in [5, 5.41) is 7.41. The van der Waals surface area contributed by atoms with E-state index in [1.807, 2.05) is 66.9 Å². The van der Waals surface area contributed by atoms with Gasteiger partial charge in [-0.1, -0.05) is 48.5 Å². The van der Waals surface area contributed by atoms with Crippen molar-refractivity contribution in [1.29, 1.82) is 0 Å². The molecule has 0 bridgehead atoms. The second-order valence-corrected chi connectivity index (χ2v) is 7.53. The molecule has 1 aromatic heterocycles. The lowest BCUT2D eigenvalue weighted by Gasteiger charge is -2.14. The molecule has 4 aromatic rings. The number of nitrogens with one attached hydrogen (secondary N) is 1. The van der Waals surface area contributed by atoms with Gasteiger partial charge in [0.25, 0.3) is 0 Å². The monoisotopic (exact) mass is 452 g/mol. The molecule has 0 aliphatic rings. The average molecular weight is 453 g/mol. The van der Waals surface area contributed by atoms with E-state index in [1.54, 1.807) is 42.1 Å². The second-order valence-electron chi connectivity index (χ2n) is 7.53. The molecular formula is C27H24N4O3. The second kappa shape index (κ2) is 10.3. The van der Waals surface area contributed by atoms with Gasteiger partial charge in [-0.3, -0.25) is 9.59 Å². The average Bonchev–Trinajstić information content (AvgIpc) is 3.31. The molecule has 1 heterocycles. The summed E-state index contributed by atoms with van der Waals surface area (Å²) >= 11 is 0. The largest absolute Gasteiger partial charge is 0.497 e. The first-order valence-corrected chi connectivity index (χ1v) is 10.7. The zero-order chi connectivity index (χ0) is 23.9. The first-order valence-electron chi connectivity index (χ1n) is 10.7. The highest BCUT2D eigenvalue weighted by Crippen LogP contribution is 2.26.